The molecule has 0 spiro atoms. The van der Waals surface area contributed by atoms with Crippen molar-refractivity contribution in [1.29, 1.82) is 0 Å². The molecule has 134 valence electrons. The lowest BCUT2D eigenvalue weighted by atomic mass is 10.1. The van der Waals surface area contributed by atoms with Crippen LogP contribution in [0, 0.1) is 18.7 Å². The molecule has 1 aliphatic heterocycles. The van der Waals surface area contributed by atoms with Crippen LogP contribution < -0.4 is 10.2 Å². The lowest BCUT2D eigenvalue weighted by molar-refractivity contribution is -0.122. The Kier molecular flexibility index (Phi) is 4.23. The monoisotopic (exact) mass is 352 g/mol. The number of benzene rings is 2. The third-order valence-electron chi connectivity index (χ3n) is 5.35. The zero-order valence-corrected chi connectivity index (χ0v) is 14.7. The summed E-state index contributed by atoms with van der Waals surface area (Å²) in [7, 11) is 0. The van der Waals surface area contributed by atoms with Gasteiger partial charge in [-0.2, -0.15) is 0 Å². The molecule has 1 aliphatic carbocycles. The maximum atomic E-state index is 13.4. The van der Waals surface area contributed by atoms with Crippen molar-refractivity contribution in [1.82, 2.24) is 0 Å². The van der Waals surface area contributed by atoms with Crippen molar-refractivity contribution in [3.63, 3.8) is 0 Å². The Bertz CT molecular complexity index is 894. The molecular weight excluding hydrogens is 331 g/mol. The van der Waals surface area contributed by atoms with Crippen LogP contribution in [0.15, 0.2) is 36.4 Å². The van der Waals surface area contributed by atoms with Crippen molar-refractivity contribution in [3.05, 3.63) is 58.9 Å². The number of nitrogens with one attached hydrogen (secondary N) is 1. The molecule has 1 N–H and O–H groups in total. The number of amides is 2. The van der Waals surface area contributed by atoms with Gasteiger partial charge in [0.1, 0.15) is 5.82 Å². The first kappa shape index (κ1) is 16.8. The molecule has 26 heavy (non-hydrogen) atoms. The lowest BCUT2D eigenvalue weighted by Crippen LogP contribution is -2.28. The molecule has 2 aliphatic rings. The number of aryl methyl sites for hydroxylation is 3. The second-order valence-electron chi connectivity index (χ2n) is 7.16. The van der Waals surface area contributed by atoms with Crippen LogP contribution in [0.3, 0.4) is 0 Å². The average Bonchev–Trinajstić information content (AvgIpc) is 3.23. The van der Waals surface area contributed by atoms with Gasteiger partial charge in [-0.1, -0.05) is 12.1 Å². The van der Waals surface area contributed by atoms with Crippen LogP contribution in [0.1, 0.15) is 29.5 Å². The third-order valence-corrected chi connectivity index (χ3v) is 5.35. The van der Waals surface area contributed by atoms with Gasteiger partial charge in [-0.05, 0) is 67.1 Å². The second kappa shape index (κ2) is 6.56. The van der Waals surface area contributed by atoms with Crippen molar-refractivity contribution in [2.24, 2.45) is 5.92 Å². The predicted octanol–water partition coefficient (Wildman–Crippen LogP) is 3.61. The number of fused-ring (bicyclic) bond motifs is 1. The third kappa shape index (κ3) is 3.09. The van der Waals surface area contributed by atoms with Crippen molar-refractivity contribution in [3.8, 4) is 0 Å². The Hall–Kier alpha value is -2.69. The summed E-state index contributed by atoms with van der Waals surface area (Å²) < 4.78 is 13.4. The maximum Gasteiger partial charge on any atom is 0.229 e. The summed E-state index contributed by atoms with van der Waals surface area (Å²) in [5.41, 5.74) is 4.78. The average molecular weight is 352 g/mol. The van der Waals surface area contributed by atoms with E-state index in [9.17, 15) is 14.0 Å². The molecule has 0 radical (unpaired) electrons. The van der Waals surface area contributed by atoms with E-state index in [1.54, 1.807) is 11.0 Å². The zero-order chi connectivity index (χ0) is 18.3. The zero-order valence-electron chi connectivity index (χ0n) is 14.7. The Balaban J connectivity index is 1.49. The number of hydrogen-bond acceptors (Lipinski definition) is 2. The number of nitrogens with zero attached hydrogens (tertiary/aromatic N) is 1. The molecule has 0 saturated carbocycles. The van der Waals surface area contributed by atoms with Crippen LogP contribution in [-0.2, 0) is 22.4 Å². The Morgan fingerprint density at radius 1 is 1.15 bits per heavy atom. The first-order valence-electron chi connectivity index (χ1n) is 9.00. The molecule has 2 aromatic carbocycles. The standard InChI is InChI=1S/C21H21FN2O2/c1-13-5-7-17(22)11-19(13)23-21(26)16-10-20(25)24(12-16)18-8-6-14-3-2-4-15(14)9-18/h5-9,11,16H,2-4,10,12H2,1H3,(H,23,26). The van der Waals surface area contributed by atoms with Gasteiger partial charge < -0.3 is 10.2 Å². The minimum Gasteiger partial charge on any atom is -0.325 e. The van der Waals surface area contributed by atoms with Gasteiger partial charge in [0.05, 0.1) is 5.92 Å². The van der Waals surface area contributed by atoms with E-state index in [2.05, 4.69) is 17.4 Å². The van der Waals surface area contributed by atoms with Crippen LogP contribution in [0.25, 0.3) is 0 Å². The number of carbonyl (C=O) groups excluding carboxylic acids is 2. The molecule has 1 heterocycles. The highest BCUT2D eigenvalue weighted by atomic mass is 19.1. The van der Waals surface area contributed by atoms with E-state index in [4.69, 9.17) is 0 Å². The fraction of sp³-hybridized carbons (Fsp3) is 0.333. The molecule has 1 fully saturated rings. The van der Waals surface area contributed by atoms with Crippen molar-refractivity contribution < 1.29 is 14.0 Å². The predicted molar refractivity (Wildman–Crippen MR) is 98.7 cm³/mol. The van der Waals surface area contributed by atoms with Gasteiger partial charge in [0.25, 0.3) is 0 Å². The van der Waals surface area contributed by atoms with E-state index in [0.717, 1.165) is 30.5 Å². The molecule has 2 amide bonds. The number of hydrogen-bond donors (Lipinski definition) is 1. The molecule has 5 heteroatoms. The molecule has 0 bridgehead atoms. The summed E-state index contributed by atoms with van der Waals surface area (Å²) in [6.07, 6.45) is 3.48. The van der Waals surface area contributed by atoms with Crippen LogP contribution in [0.2, 0.25) is 0 Å². The van der Waals surface area contributed by atoms with E-state index in [1.807, 2.05) is 13.0 Å². The molecule has 1 saturated heterocycles. The first-order valence-corrected chi connectivity index (χ1v) is 9.00. The normalized spacial score (nSPS) is 18.9. The quantitative estimate of drug-likeness (QED) is 0.917. The van der Waals surface area contributed by atoms with Crippen LogP contribution in [0.4, 0.5) is 15.8 Å². The largest absolute Gasteiger partial charge is 0.325 e. The fourth-order valence-corrected chi connectivity index (χ4v) is 3.82. The SMILES string of the molecule is Cc1ccc(F)cc1NC(=O)C1CC(=O)N(c2ccc3c(c2)CCC3)C1. The van der Waals surface area contributed by atoms with Gasteiger partial charge in [0.2, 0.25) is 11.8 Å². The van der Waals surface area contributed by atoms with E-state index in [0.29, 0.717) is 12.2 Å². The van der Waals surface area contributed by atoms with Crippen LogP contribution in [0.5, 0.6) is 0 Å². The minimum absolute atomic E-state index is 0.0425. The summed E-state index contributed by atoms with van der Waals surface area (Å²) in [6, 6.07) is 10.4. The minimum atomic E-state index is -0.432. The van der Waals surface area contributed by atoms with Gasteiger partial charge >= 0.3 is 0 Å². The van der Waals surface area contributed by atoms with Gasteiger partial charge in [-0.3, -0.25) is 9.59 Å². The van der Waals surface area contributed by atoms with Crippen molar-refractivity contribution in [2.75, 3.05) is 16.8 Å². The molecule has 1 unspecified atom stereocenters. The molecule has 4 rings (SSSR count). The topological polar surface area (TPSA) is 49.4 Å². The second-order valence-corrected chi connectivity index (χ2v) is 7.16. The van der Waals surface area contributed by atoms with Gasteiger partial charge in [0, 0.05) is 24.3 Å². The van der Waals surface area contributed by atoms with Crippen LogP contribution >= 0.6 is 0 Å². The highest BCUT2D eigenvalue weighted by Gasteiger charge is 2.35. The molecule has 4 nitrogen and oxygen atoms in total. The van der Waals surface area contributed by atoms with Gasteiger partial charge in [-0.25, -0.2) is 4.39 Å². The van der Waals surface area contributed by atoms with E-state index < -0.39 is 11.7 Å². The van der Waals surface area contributed by atoms with E-state index in [1.165, 1.54) is 23.3 Å². The number of anilines is 2. The maximum absolute atomic E-state index is 13.4. The van der Waals surface area contributed by atoms with Crippen LogP contribution in [-0.4, -0.2) is 18.4 Å². The summed E-state index contributed by atoms with van der Waals surface area (Å²) >= 11 is 0. The highest BCUT2D eigenvalue weighted by Crippen LogP contribution is 2.31. The summed E-state index contributed by atoms with van der Waals surface area (Å²) in [4.78, 5) is 26.7. The first-order chi connectivity index (χ1) is 12.5. The molecule has 2 aromatic rings. The lowest BCUT2D eigenvalue weighted by Gasteiger charge is -2.18. The van der Waals surface area contributed by atoms with Gasteiger partial charge in [0.15, 0.2) is 0 Å². The Morgan fingerprint density at radius 3 is 2.81 bits per heavy atom. The highest BCUT2D eigenvalue weighted by molar-refractivity contribution is 6.03. The number of rotatable bonds is 3. The Labute approximate surface area is 152 Å². The summed E-state index contributed by atoms with van der Waals surface area (Å²) in [6.45, 7) is 2.17. The van der Waals surface area contributed by atoms with Crippen molar-refractivity contribution >= 4 is 23.2 Å². The smallest absolute Gasteiger partial charge is 0.229 e. The molecular formula is C21H21FN2O2. The summed E-state index contributed by atoms with van der Waals surface area (Å²) in [5, 5.41) is 2.77. The number of halogens is 1. The van der Waals surface area contributed by atoms with E-state index in [-0.39, 0.29) is 18.2 Å². The molecule has 0 aromatic heterocycles. The summed E-state index contributed by atoms with van der Waals surface area (Å²) in [5.74, 6) is -1.11. The Morgan fingerprint density at radius 2 is 1.96 bits per heavy atom. The van der Waals surface area contributed by atoms with Crippen molar-refractivity contribution in [2.45, 2.75) is 32.6 Å². The number of carbonyl (C=O) groups is 2. The van der Waals surface area contributed by atoms with Gasteiger partial charge in [-0.15, -0.1) is 0 Å². The fourth-order valence-electron chi connectivity index (χ4n) is 3.82. The van der Waals surface area contributed by atoms with E-state index >= 15 is 0 Å². The molecule has 1 atom stereocenters.